The van der Waals surface area contributed by atoms with Gasteiger partial charge in [0.15, 0.2) is 0 Å². The molecular formula is C24H26FN3O2. The van der Waals surface area contributed by atoms with Gasteiger partial charge in [-0.25, -0.2) is 9.18 Å². The van der Waals surface area contributed by atoms with E-state index in [1.165, 1.54) is 23.5 Å². The molecule has 2 aromatic rings. The van der Waals surface area contributed by atoms with Crippen LogP contribution >= 0.6 is 0 Å². The van der Waals surface area contributed by atoms with E-state index in [0.29, 0.717) is 0 Å². The Balaban J connectivity index is 1.50. The van der Waals surface area contributed by atoms with Crippen molar-refractivity contribution in [3.63, 3.8) is 0 Å². The molecule has 2 fully saturated rings. The smallest absolute Gasteiger partial charge is 0.319 e. The van der Waals surface area contributed by atoms with Crippen molar-refractivity contribution in [1.29, 1.82) is 5.26 Å². The minimum absolute atomic E-state index is 0.148. The number of halogens is 1. The van der Waals surface area contributed by atoms with E-state index in [-0.39, 0.29) is 30.4 Å². The highest BCUT2D eigenvalue weighted by molar-refractivity contribution is 5.78. The van der Waals surface area contributed by atoms with Gasteiger partial charge in [0.25, 0.3) is 0 Å². The first-order valence-corrected chi connectivity index (χ1v) is 10.6. The lowest BCUT2D eigenvalue weighted by Gasteiger charge is -2.51. The van der Waals surface area contributed by atoms with Crippen molar-refractivity contribution in [2.75, 3.05) is 6.61 Å². The summed E-state index contributed by atoms with van der Waals surface area (Å²) < 4.78 is 13.5. The Morgan fingerprint density at radius 3 is 2.50 bits per heavy atom. The van der Waals surface area contributed by atoms with Crippen LogP contribution in [0.5, 0.6) is 0 Å². The third-order valence-corrected chi connectivity index (χ3v) is 6.35. The number of carbonyl (C=O) groups excluding carboxylic acids is 1. The van der Waals surface area contributed by atoms with Crippen molar-refractivity contribution in [1.82, 2.24) is 10.2 Å². The van der Waals surface area contributed by atoms with Crippen LogP contribution in [0.4, 0.5) is 9.18 Å². The minimum atomic E-state index is -0.620. The van der Waals surface area contributed by atoms with E-state index in [0.717, 1.165) is 42.4 Å². The third kappa shape index (κ3) is 3.90. The third-order valence-electron chi connectivity index (χ3n) is 6.35. The second-order valence-corrected chi connectivity index (χ2v) is 8.17. The summed E-state index contributed by atoms with van der Waals surface area (Å²) >= 11 is 0. The minimum Gasteiger partial charge on any atom is -0.394 e. The van der Waals surface area contributed by atoms with Gasteiger partial charge in [0.05, 0.1) is 18.7 Å². The Kier molecular flexibility index (Phi) is 6.01. The highest BCUT2D eigenvalue weighted by Gasteiger charge is 2.52. The Morgan fingerprint density at radius 2 is 1.87 bits per heavy atom. The van der Waals surface area contributed by atoms with Gasteiger partial charge in [-0.05, 0) is 41.7 Å². The Hall–Kier alpha value is -2.91. The number of aliphatic hydroxyl groups excluding tert-OH is 1. The van der Waals surface area contributed by atoms with Crippen LogP contribution in [-0.2, 0) is 0 Å². The summed E-state index contributed by atoms with van der Waals surface area (Å²) in [7, 11) is 0. The van der Waals surface area contributed by atoms with Crippen LogP contribution in [0.25, 0.3) is 11.1 Å². The van der Waals surface area contributed by atoms with Crippen LogP contribution in [0.1, 0.15) is 43.6 Å². The molecule has 0 spiro atoms. The van der Waals surface area contributed by atoms with Gasteiger partial charge in [-0.2, -0.15) is 5.26 Å². The number of nitrogens with zero attached hydrogens (tertiary/aromatic N) is 2. The molecule has 2 amide bonds. The lowest BCUT2D eigenvalue weighted by molar-refractivity contribution is 0.0153. The van der Waals surface area contributed by atoms with Gasteiger partial charge in [-0.3, -0.25) is 0 Å². The monoisotopic (exact) mass is 407 g/mol. The number of hydrogen-bond acceptors (Lipinski definition) is 3. The second-order valence-electron chi connectivity index (χ2n) is 8.17. The molecule has 0 radical (unpaired) electrons. The molecule has 30 heavy (non-hydrogen) atoms. The zero-order valence-corrected chi connectivity index (χ0v) is 16.8. The highest BCUT2D eigenvalue weighted by atomic mass is 19.1. The number of nitriles is 1. The topological polar surface area (TPSA) is 76.4 Å². The number of benzene rings is 2. The molecule has 0 aromatic heterocycles. The van der Waals surface area contributed by atoms with Gasteiger partial charge in [-0.1, -0.05) is 55.7 Å². The van der Waals surface area contributed by atoms with Crippen LogP contribution in [0, 0.1) is 17.1 Å². The second kappa shape index (κ2) is 8.85. The molecule has 1 heterocycles. The molecule has 5 nitrogen and oxygen atoms in total. The highest BCUT2D eigenvalue weighted by Crippen LogP contribution is 2.41. The molecule has 1 saturated carbocycles. The summed E-state index contributed by atoms with van der Waals surface area (Å²) in [6.07, 6.45) is 5.34. The molecule has 2 aromatic carbocycles. The molecule has 4 rings (SSSR count). The molecular weight excluding hydrogens is 381 g/mol. The van der Waals surface area contributed by atoms with Crippen LogP contribution in [-0.4, -0.2) is 40.8 Å². The number of amides is 2. The summed E-state index contributed by atoms with van der Waals surface area (Å²) in [4.78, 5) is 14.3. The molecule has 0 bridgehead atoms. The first-order chi connectivity index (χ1) is 14.6. The molecule has 6 heteroatoms. The van der Waals surface area contributed by atoms with Crippen molar-refractivity contribution in [3.8, 4) is 17.2 Å². The van der Waals surface area contributed by atoms with E-state index in [9.17, 15) is 19.6 Å². The van der Waals surface area contributed by atoms with E-state index < -0.39 is 12.1 Å². The van der Waals surface area contributed by atoms with Crippen molar-refractivity contribution >= 4 is 6.03 Å². The van der Waals surface area contributed by atoms with Crippen molar-refractivity contribution < 1.29 is 14.3 Å². The van der Waals surface area contributed by atoms with Crippen LogP contribution in [0.3, 0.4) is 0 Å². The van der Waals surface area contributed by atoms with Gasteiger partial charge >= 0.3 is 6.03 Å². The molecule has 2 aliphatic rings. The van der Waals surface area contributed by atoms with Gasteiger partial charge in [0, 0.05) is 12.0 Å². The zero-order valence-electron chi connectivity index (χ0n) is 16.8. The first kappa shape index (κ1) is 20.4. The Morgan fingerprint density at radius 1 is 1.13 bits per heavy atom. The Bertz CT molecular complexity index is 934. The number of hydrogen-bond donors (Lipinski definition) is 2. The van der Waals surface area contributed by atoms with Gasteiger partial charge < -0.3 is 15.3 Å². The number of carbonyl (C=O) groups is 1. The van der Waals surface area contributed by atoms with Crippen molar-refractivity contribution in [2.45, 2.75) is 56.1 Å². The largest absolute Gasteiger partial charge is 0.394 e. The van der Waals surface area contributed by atoms with Crippen LogP contribution < -0.4 is 5.32 Å². The quantitative estimate of drug-likeness (QED) is 0.798. The van der Waals surface area contributed by atoms with Gasteiger partial charge in [-0.15, -0.1) is 0 Å². The number of urea groups is 1. The van der Waals surface area contributed by atoms with E-state index in [2.05, 4.69) is 11.4 Å². The summed E-state index contributed by atoms with van der Waals surface area (Å²) in [5.74, 6) is -0.543. The van der Waals surface area contributed by atoms with Crippen LogP contribution in [0.15, 0.2) is 48.5 Å². The summed E-state index contributed by atoms with van der Waals surface area (Å²) in [6, 6.07) is 15.0. The first-order valence-electron chi connectivity index (χ1n) is 10.6. The Labute approximate surface area is 176 Å². The number of likely N-dealkylation sites (tertiary alicyclic amines) is 1. The fourth-order valence-corrected chi connectivity index (χ4v) is 4.75. The lowest BCUT2D eigenvalue weighted by Crippen LogP contribution is -2.67. The summed E-state index contributed by atoms with van der Waals surface area (Å²) in [5.41, 5.74) is 2.54. The predicted octanol–water partition coefficient (Wildman–Crippen LogP) is 4.19. The fourth-order valence-electron chi connectivity index (χ4n) is 4.75. The SMILES string of the molecule is N#C[C@H]1[C@H](c2ccc(-c3cccc(F)c3)cc2)[C@H](CO)N1C(=O)NC1CCCCC1. The van der Waals surface area contributed by atoms with Gasteiger partial charge in [0.2, 0.25) is 0 Å². The van der Waals surface area contributed by atoms with Crippen molar-refractivity contribution in [2.24, 2.45) is 0 Å². The molecule has 0 unspecified atom stereocenters. The summed E-state index contributed by atoms with van der Waals surface area (Å²) in [5, 5.41) is 22.7. The fraction of sp³-hybridized carbons (Fsp3) is 0.417. The maximum atomic E-state index is 13.5. The standard InChI is InChI=1S/C24H26FN3O2/c25-19-6-4-5-18(13-19)16-9-11-17(12-10-16)23-21(14-26)28(22(23)15-29)24(30)27-20-7-2-1-3-8-20/h4-6,9-13,20-23,29H,1-3,7-8,15H2,(H,27,30)/t21-,22-,23-/m0/s1. The maximum absolute atomic E-state index is 13.5. The van der Waals surface area contributed by atoms with E-state index in [1.807, 2.05) is 30.3 Å². The predicted molar refractivity (Wildman–Crippen MR) is 112 cm³/mol. The lowest BCUT2D eigenvalue weighted by atomic mass is 9.75. The molecule has 156 valence electrons. The summed E-state index contributed by atoms with van der Waals surface area (Å²) in [6.45, 7) is -0.202. The van der Waals surface area contributed by atoms with Gasteiger partial charge in [0.1, 0.15) is 11.9 Å². The average Bonchev–Trinajstić information content (AvgIpc) is 2.75. The molecule has 1 aliphatic carbocycles. The molecule has 1 aliphatic heterocycles. The average molecular weight is 407 g/mol. The number of rotatable bonds is 4. The number of nitrogens with one attached hydrogen (secondary N) is 1. The zero-order chi connectivity index (χ0) is 21.1. The van der Waals surface area contributed by atoms with E-state index >= 15 is 0 Å². The van der Waals surface area contributed by atoms with Crippen LogP contribution in [0.2, 0.25) is 0 Å². The molecule has 1 saturated heterocycles. The normalized spacial score (nSPS) is 24.0. The molecule has 3 atom stereocenters. The van der Waals surface area contributed by atoms with E-state index in [1.54, 1.807) is 6.07 Å². The van der Waals surface area contributed by atoms with E-state index in [4.69, 9.17) is 0 Å². The number of aliphatic hydroxyl groups is 1. The molecule has 2 N–H and O–H groups in total. The maximum Gasteiger partial charge on any atom is 0.319 e. The van der Waals surface area contributed by atoms with Crippen molar-refractivity contribution in [3.05, 3.63) is 59.9 Å².